The Hall–Kier alpha value is -0.820. The maximum atomic E-state index is 13.2. The predicted octanol–water partition coefficient (Wildman–Crippen LogP) is 4.32. The lowest BCUT2D eigenvalue weighted by atomic mass is 9.79. The lowest BCUT2D eigenvalue weighted by molar-refractivity contribution is -0.344. The summed E-state index contributed by atoms with van der Waals surface area (Å²) in [5, 5.41) is 0. The highest BCUT2D eigenvalue weighted by Crippen LogP contribution is 2.48. The van der Waals surface area contributed by atoms with Gasteiger partial charge in [-0.1, -0.05) is 27.7 Å². The topological polar surface area (TPSA) is 17.1 Å². The van der Waals surface area contributed by atoms with Crippen molar-refractivity contribution in [1.29, 1.82) is 0 Å². The van der Waals surface area contributed by atoms with Gasteiger partial charge in [0.25, 0.3) is 0 Å². The van der Waals surface area contributed by atoms with Gasteiger partial charge in [-0.25, -0.2) is 0 Å². The Morgan fingerprint density at radius 2 is 1.11 bits per heavy atom. The zero-order valence-electron chi connectivity index (χ0n) is 10.8. The number of ketones is 1. The van der Waals surface area contributed by atoms with Crippen molar-refractivity contribution in [2.45, 2.75) is 45.7 Å². The summed E-state index contributed by atoms with van der Waals surface area (Å²) in [4.78, 5) is 11.4. The number of carbonyl (C=O) groups excluding carboxylic acids is 1. The molecule has 1 nitrogen and oxygen atoms in total. The van der Waals surface area contributed by atoms with Crippen LogP contribution in [0, 0.1) is 17.8 Å². The molecule has 0 aromatic rings. The van der Waals surface area contributed by atoms with Gasteiger partial charge in [0.1, 0.15) is 0 Å². The minimum atomic E-state index is -6.48. The molecule has 19 heavy (non-hydrogen) atoms. The van der Waals surface area contributed by atoms with Gasteiger partial charge in [-0.15, -0.1) is 0 Å². The molecule has 0 aromatic carbocycles. The van der Waals surface area contributed by atoms with Crippen LogP contribution in [0.5, 0.6) is 0 Å². The van der Waals surface area contributed by atoms with E-state index >= 15 is 0 Å². The summed E-state index contributed by atoms with van der Waals surface area (Å²) in [6.07, 6.45) is -6.48. The van der Waals surface area contributed by atoms with E-state index in [0.29, 0.717) is 0 Å². The number of carbonyl (C=O) groups is 1. The van der Waals surface area contributed by atoms with Crippen molar-refractivity contribution in [1.82, 2.24) is 0 Å². The minimum absolute atomic E-state index is 0.776. The lowest BCUT2D eigenvalue weighted by Crippen LogP contribution is -2.58. The van der Waals surface area contributed by atoms with Gasteiger partial charge in [-0.3, -0.25) is 4.79 Å². The van der Waals surface area contributed by atoms with Crippen LogP contribution in [0.3, 0.4) is 0 Å². The molecule has 0 aliphatic carbocycles. The highest BCUT2D eigenvalue weighted by atomic mass is 19.4. The Labute approximate surface area is 106 Å². The zero-order chi connectivity index (χ0) is 15.8. The van der Waals surface area contributed by atoms with Gasteiger partial charge in [0.05, 0.1) is 0 Å². The number of rotatable bonds is 5. The molecule has 0 fully saturated rings. The number of alkyl halides is 7. The van der Waals surface area contributed by atoms with Gasteiger partial charge in [0, 0.05) is 5.92 Å². The maximum Gasteiger partial charge on any atom is 0.460 e. The van der Waals surface area contributed by atoms with E-state index in [1.54, 1.807) is 0 Å². The molecule has 0 heterocycles. The fraction of sp³-hybridized carbons (Fsp3) is 0.909. The van der Waals surface area contributed by atoms with E-state index in [4.69, 9.17) is 0 Å². The Morgan fingerprint density at radius 3 is 1.32 bits per heavy atom. The fourth-order valence-corrected chi connectivity index (χ4v) is 1.92. The first-order valence-corrected chi connectivity index (χ1v) is 5.54. The number of hydrogen-bond donors (Lipinski definition) is 0. The molecule has 0 amide bonds. The third kappa shape index (κ3) is 3.20. The van der Waals surface area contributed by atoms with Crippen LogP contribution in [-0.4, -0.2) is 23.8 Å². The molecular formula is C11H15F7O. The second-order valence-corrected chi connectivity index (χ2v) is 5.02. The van der Waals surface area contributed by atoms with Gasteiger partial charge >= 0.3 is 18.0 Å². The SMILES string of the molecule is CC(C)C(C(=O)C(F)(F)C(F)(F)C(F)(F)F)C(C)C. The van der Waals surface area contributed by atoms with Crippen molar-refractivity contribution in [2.24, 2.45) is 17.8 Å². The second-order valence-electron chi connectivity index (χ2n) is 5.02. The maximum absolute atomic E-state index is 13.2. The van der Waals surface area contributed by atoms with Crippen LogP contribution in [0.25, 0.3) is 0 Å². The smallest absolute Gasteiger partial charge is 0.292 e. The van der Waals surface area contributed by atoms with E-state index in [9.17, 15) is 35.5 Å². The molecule has 0 spiro atoms. The van der Waals surface area contributed by atoms with E-state index in [0.717, 1.165) is 0 Å². The number of Topliss-reactive ketones (excluding diaryl/α,β-unsaturated/α-hetero) is 1. The highest BCUT2D eigenvalue weighted by molar-refractivity contribution is 5.89. The summed E-state index contributed by atoms with van der Waals surface area (Å²) >= 11 is 0. The molecule has 0 aliphatic heterocycles. The molecule has 114 valence electrons. The van der Waals surface area contributed by atoms with Crippen molar-refractivity contribution in [3.63, 3.8) is 0 Å². The van der Waals surface area contributed by atoms with Gasteiger partial charge in [0.15, 0.2) is 0 Å². The first-order chi connectivity index (χ1) is 8.18. The quantitative estimate of drug-likeness (QED) is 0.691. The summed E-state index contributed by atoms with van der Waals surface area (Å²) in [6.45, 7) is 5.24. The summed E-state index contributed by atoms with van der Waals surface area (Å²) in [6, 6.07) is 0. The van der Waals surface area contributed by atoms with Crippen LogP contribution >= 0.6 is 0 Å². The minimum Gasteiger partial charge on any atom is -0.292 e. The number of halogens is 7. The Balaban J connectivity index is 5.60. The van der Waals surface area contributed by atoms with E-state index in [-0.39, 0.29) is 0 Å². The van der Waals surface area contributed by atoms with Gasteiger partial charge in [-0.2, -0.15) is 30.7 Å². The predicted molar refractivity (Wildman–Crippen MR) is 54.1 cm³/mol. The van der Waals surface area contributed by atoms with Crippen LogP contribution in [0.4, 0.5) is 30.7 Å². The molecule has 0 aliphatic rings. The first-order valence-electron chi connectivity index (χ1n) is 5.54. The molecule has 0 atom stereocenters. The van der Waals surface area contributed by atoms with Crippen LogP contribution in [0.2, 0.25) is 0 Å². The number of hydrogen-bond acceptors (Lipinski definition) is 1. The van der Waals surface area contributed by atoms with Gasteiger partial charge in [0.2, 0.25) is 5.78 Å². The molecule has 0 unspecified atom stereocenters. The van der Waals surface area contributed by atoms with Crippen molar-refractivity contribution in [2.75, 3.05) is 0 Å². The van der Waals surface area contributed by atoms with Crippen molar-refractivity contribution >= 4 is 5.78 Å². The lowest BCUT2D eigenvalue weighted by Gasteiger charge is -2.32. The molecule has 0 saturated heterocycles. The van der Waals surface area contributed by atoms with Crippen LogP contribution in [-0.2, 0) is 4.79 Å². The van der Waals surface area contributed by atoms with Crippen LogP contribution in [0.15, 0.2) is 0 Å². The summed E-state index contributed by atoms with van der Waals surface area (Å²) < 4.78 is 87.9. The fourth-order valence-electron chi connectivity index (χ4n) is 1.92. The molecule has 0 saturated carbocycles. The molecule has 8 heteroatoms. The summed E-state index contributed by atoms with van der Waals surface area (Å²) in [5.74, 6) is -17.7. The highest BCUT2D eigenvalue weighted by Gasteiger charge is 2.76. The average Bonchev–Trinajstić information content (AvgIpc) is 2.13. The molecule has 0 rings (SSSR count). The van der Waals surface area contributed by atoms with E-state index in [1.165, 1.54) is 27.7 Å². The molecule has 0 bridgehead atoms. The molecular weight excluding hydrogens is 281 g/mol. The van der Waals surface area contributed by atoms with Crippen molar-refractivity contribution < 1.29 is 35.5 Å². The second kappa shape index (κ2) is 5.28. The summed E-state index contributed by atoms with van der Waals surface area (Å²) in [7, 11) is 0. The zero-order valence-corrected chi connectivity index (χ0v) is 10.8. The Kier molecular flexibility index (Phi) is 5.05. The largest absolute Gasteiger partial charge is 0.460 e. The van der Waals surface area contributed by atoms with Crippen LogP contribution in [0.1, 0.15) is 27.7 Å². The van der Waals surface area contributed by atoms with Gasteiger partial charge < -0.3 is 0 Å². The Bertz CT molecular complexity index is 322. The van der Waals surface area contributed by atoms with Crippen LogP contribution < -0.4 is 0 Å². The van der Waals surface area contributed by atoms with E-state index in [1.807, 2.05) is 0 Å². The summed E-state index contributed by atoms with van der Waals surface area (Å²) in [5.41, 5.74) is 0. The van der Waals surface area contributed by atoms with Crippen molar-refractivity contribution in [3.05, 3.63) is 0 Å². The monoisotopic (exact) mass is 296 g/mol. The first kappa shape index (κ1) is 18.2. The average molecular weight is 296 g/mol. The normalized spacial score (nSPS) is 14.6. The van der Waals surface area contributed by atoms with Gasteiger partial charge in [-0.05, 0) is 11.8 Å². The third-order valence-electron chi connectivity index (χ3n) is 2.80. The third-order valence-corrected chi connectivity index (χ3v) is 2.80. The van der Waals surface area contributed by atoms with E-state index < -0.39 is 41.6 Å². The molecule has 0 N–H and O–H groups in total. The molecule has 0 radical (unpaired) electrons. The Morgan fingerprint density at radius 1 is 0.789 bits per heavy atom. The van der Waals surface area contributed by atoms with Crippen molar-refractivity contribution in [3.8, 4) is 0 Å². The standard InChI is InChI=1S/C11H15F7O/c1-5(2)7(6(3)4)8(19)9(12,13)10(14,15)11(16,17)18/h5-7H,1-4H3. The van der Waals surface area contributed by atoms with E-state index in [2.05, 4.69) is 0 Å². The molecule has 0 aromatic heterocycles.